The second kappa shape index (κ2) is 6.61. The summed E-state index contributed by atoms with van der Waals surface area (Å²) < 4.78 is 12.9. The summed E-state index contributed by atoms with van der Waals surface area (Å²) in [4.78, 5) is 6.44. The van der Waals surface area contributed by atoms with Gasteiger partial charge in [0.2, 0.25) is 0 Å². The Kier molecular flexibility index (Phi) is 5.07. The van der Waals surface area contributed by atoms with Crippen LogP contribution in [0.1, 0.15) is 38.4 Å². The van der Waals surface area contributed by atoms with Crippen LogP contribution in [0.5, 0.6) is 0 Å². The molecule has 0 bridgehead atoms. The molecule has 2 rings (SSSR count). The molecular formula is C15H24FN3O. The number of nitrogens with zero attached hydrogens (tertiary/aromatic N) is 2. The van der Waals surface area contributed by atoms with Crippen molar-refractivity contribution in [3.05, 3.63) is 29.8 Å². The molecule has 0 amide bonds. The highest BCUT2D eigenvalue weighted by molar-refractivity contribution is 5.10. The molecule has 0 aromatic carbocycles. The van der Waals surface area contributed by atoms with Gasteiger partial charge in [0, 0.05) is 19.6 Å². The van der Waals surface area contributed by atoms with E-state index in [1.165, 1.54) is 12.3 Å². The van der Waals surface area contributed by atoms with E-state index in [1.54, 1.807) is 6.07 Å². The maximum absolute atomic E-state index is 12.9. The third kappa shape index (κ3) is 4.23. The number of aliphatic hydroxyl groups is 1. The smallest absolute Gasteiger partial charge is 0.141 e. The van der Waals surface area contributed by atoms with Crippen LogP contribution < -0.4 is 5.32 Å². The minimum atomic E-state index is -0.554. The molecule has 1 fully saturated rings. The van der Waals surface area contributed by atoms with Gasteiger partial charge in [-0.25, -0.2) is 4.39 Å². The molecule has 0 spiro atoms. The Hall–Kier alpha value is -1.04. The Morgan fingerprint density at radius 2 is 2.35 bits per heavy atom. The fourth-order valence-electron chi connectivity index (χ4n) is 2.74. The first-order chi connectivity index (χ1) is 9.50. The minimum Gasteiger partial charge on any atom is -0.389 e. The first-order valence-corrected chi connectivity index (χ1v) is 7.30. The van der Waals surface area contributed by atoms with E-state index < -0.39 is 5.60 Å². The van der Waals surface area contributed by atoms with E-state index in [-0.39, 0.29) is 11.9 Å². The van der Waals surface area contributed by atoms with Crippen LogP contribution in [0, 0.1) is 5.82 Å². The molecular weight excluding hydrogens is 257 g/mol. The molecule has 1 aromatic heterocycles. The van der Waals surface area contributed by atoms with Crippen molar-refractivity contribution in [2.45, 2.75) is 38.3 Å². The van der Waals surface area contributed by atoms with E-state index in [2.05, 4.69) is 22.1 Å². The van der Waals surface area contributed by atoms with Gasteiger partial charge in [0.25, 0.3) is 0 Å². The van der Waals surface area contributed by atoms with E-state index >= 15 is 0 Å². The molecule has 2 unspecified atom stereocenters. The summed E-state index contributed by atoms with van der Waals surface area (Å²) in [7, 11) is 0. The van der Waals surface area contributed by atoms with Crippen molar-refractivity contribution < 1.29 is 9.50 Å². The number of hydrogen-bond donors (Lipinski definition) is 2. The van der Waals surface area contributed by atoms with Gasteiger partial charge in [0.05, 0.1) is 23.5 Å². The fraction of sp³-hybridized carbons (Fsp3) is 0.667. The van der Waals surface area contributed by atoms with Crippen LogP contribution in [0.25, 0.3) is 0 Å². The maximum Gasteiger partial charge on any atom is 0.141 e. The lowest BCUT2D eigenvalue weighted by Crippen LogP contribution is -2.32. The summed E-state index contributed by atoms with van der Waals surface area (Å²) in [5, 5.41) is 13.4. The van der Waals surface area contributed by atoms with Crippen LogP contribution in [-0.4, -0.2) is 46.8 Å². The van der Waals surface area contributed by atoms with Crippen LogP contribution in [0.2, 0.25) is 0 Å². The predicted molar refractivity (Wildman–Crippen MR) is 76.9 cm³/mol. The van der Waals surface area contributed by atoms with Gasteiger partial charge < -0.3 is 15.3 Å². The van der Waals surface area contributed by atoms with Gasteiger partial charge in [-0.05, 0) is 38.4 Å². The van der Waals surface area contributed by atoms with Crippen molar-refractivity contribution in [3.8, 4) is 0 Å². The Morgan fingerprint density at radius 3 is 2.90 bits per heavy atom. The number of hydrogen-bond acceptors (Lipinski definition) is 4. The number of aromatic nitrogens is 1. The third-order valence-corrected chi connectivity index (χ3v) is 3.82. The van der Waals surface area contributed by atoms with Gasteiger partial charge >= 0.3 is 0 Å². The highest BCUT2D eigenvalue weighted by Gasteiger charge is 2.31. The zero-order valence-electron chi connectivity index (χ0n) is 12.3. The molecule has 1 aliphatic rings. The highest BCUT2D eigenvalue weighted by Crippen LogP contribution is 2.22. The molecule has 20 heavy (non-hydrogen) atoms. The minimum absolute atomic E-state index is 0.131. The molecule has 0 saturated carbocycles. The zero-order chi connectivity index (χ0) is 14.6. The molecule has 112 valence electrons. The van der Waals surface area contributed by atoms with Crippen molar-refractivity contribution in [1.82, 2.24) is 15.2 Å². The lowest BCUT2D eigenvalue weighted by molar-refractivity contribution is 0.0683. The number of nitrogens with one attached hydrogen (secondary N) is 1. The highest BCUT2D eigenvalue weighted by atomic mass is 19.1. The van der Waals surface area contributed by atoms with Crippen LogP contribution in [0.4, 0.5) is 4.39 Å². The molecule has 2 heterocycles. The van der Waals surface area contributed by atoms with E-state index in [0.717, 1.165) is 44.7 Å². The van der Waals surface area contributed by atoms with Crippen LogP contribution in [0.15, 0.2) is 18.3 Å². The van der Waals surface area contributed by atoms with Crippen molar-refractivity contribution in [2.75, 3.05) is 26.2 Å². The lowest BCUT2D eigenvalue weighted by atomic mass is 10.1. The first kappa shape index (κ1) is 15.4. The number of rotatable bonds is 6. The number of likely N-dealkylation sites (tertiary alicyclic amines) is 1. The third-order valence-electron chi connectivity index (χ3n) is 3.82. The maximum atomic E-state index is 12.9. The van der Waals surface area contributed by atoms with Crippen LogP contribution in [0.3, 0.4) is 0 Å². The first-order valence-electron chi connectivity index (χ1n) is 7.30. The second-order valence-corrected chi connectivity index (χ2v) is 5.82. The van der Waals surface area contributed by atoms with Crippen molar-refractivity contribution in [3.63, 3.8) is 0 Å². The molecule has 1 aromatic rings. The largest absolute Gasteiger partial charge is 0.389 e. The van der Waals surface area contributed by atoms with Crippen LogP contribution >= 0.6 is 0 Å². The summed E-state index contributed by atoms with van der Waals surface area (Å²) in [5.74, 6) is -0.306. The summed E-state index contributed by atoms with van der Waals surface area (Å²) in [6, 6.07) is 3.32. The van der Waals surface area contributed by atoms with Crippen molar-refractivity contribution >= 4 is 0 Å². The van der Waals surface area contributed by atoms with Gasteiger partial charge in [-0.3, -0.25) is 4.98 Å². The van der Waals surface area contributed by atoms with Crippen molar-refractivity contribution in [1.29, 1.82) is 0 Å². The van der Waals surface area contributed by atoms with Crippen molar-refractivity contribution in [2.24, 2.45) is 0 Å². The summed E-state index contributed by atoms with van der Waals surface area (Å²) in [6.45, 7) is 7.35. The Labute approximate surface area is 120 Å². The van der Waals surface area contributed by atoms with Gasteiger partial charge in [0.1, 0.15) is 5.82 Å². The lowest BCUT2D eigenvalue weighted by Gasteiger charge is -2.22. The zero-order valence-corrected chi connectivity index (χ0v) is 12.3. The molecule has 4 nitrogen and oxygen atoms in total. The summed E-state index contributed by atoms with van der Waals surface area (Å²) in [6.07, 6.45) is 3.00. The average Bonchev–Trinajstić information content (AvgIpc) is 2.75. The monoisotopic (exact) mass is 281 g/mol. The van der Waals surface area contributed by atoms with Gasteiger partial charge in [0.15, 0.2) is 0 Å². The van der Waals surface area contributed by atoms with E-state index in [9.17, 15) is 9.50 Å². The standard InChI is InChI=1S/C15H24FN3O/c1-3-17-14(13-5-4-12(16)10-18-13)6-8-19-9-7-15(2,20)11-19/h4-5,10,14,17,20H,3,6-9,11H2,1-2H3. The predicted octanol–water partition coefficient (Wildman–Crippen LogP) is 1.72. The quantitative estimate of drug-likeness (QED) is 0.833. The molecule has 2 atom stereocenters. The van der Waals surface area contributed by atoms with E-state index in [1.807, 2.05) is 6.92 Å². The number of pyridine rings is 1. The van der Waals surface area contributed by atoms with Crippen LogP contribution in [-0.2, 0) is 0 Å². The van der Waals surface area contributed by atoms with Gasteiger partial charge in [-0.2, -0.15) is 0 Å². The SMILES string of the molecule is CCNC(CCN1CCC(C)(O)C1)c1ccc(F)cn1. The van der Waals surface area contributed by atoms with E-state index in [0.29, 0.717) is 0 Å². The fourth-order valence-corrected chi connectivity index (χ4v) is 2.74. The topological polar surface area (TPSA) is 48.4 Å². The Morgan fingerprint density at radius 1 is 1.55 bits per heavy atom. The Bertz CT molecular complexity index is 422. The number of β-amino-alcohol motifs (C(OH)–C–C–N with tert-alkyl or cyclic N) is 1. The molecule has 0 aliphatic carbocycles. The second-order valence-electron chi connectivity index (χ2n) is 5.82. The number of halogens is 1. The summed E-state index contributed by atoms with van der Waals surface area (Å²) in [5.41, 5.74) is 0.321. The molecule has 2 N–H and O–H groups in total. The van der Waals surface area contributed by atoms with E-state index in [4.69, 9.17) is 0 Å². The normalized spacial score (nSPS) is 25.0. The molecule has 1 aliphatic heterocycles. The Balaban J connectivity index is 1.91. The van der Waals surface area contributed by atoms with Gasteiger partial charge in [-0.1, -0.05) is 6.92 Å². The average molecular weight is 281 g/mol. The molecule has 5 heteroatoms. The van der Waals surface area contributed by atoms with Gasteiger partial charge in [-0.15, -0.1) is 0 Å². The summed E-state index contributed by atoms with van der Waals surface area (Å²) >= 11 is 0. The molecule has 0 radical (unpaired) electrons. The molecule has 1 saturated heterocycles.